The van der Waals surface area contributed by atoms with Gasteiger partial charge in [-0.05, 0) is 57.6 Å². The van der Waals surface area contributed by atoms with E-state index in [-0.39, 0.29) is 28.5 Å². The molecule has 1 unspecified atom stereocenters. The van der Waals surface area contributed by atoms with Gasteiger partial charge in [0.15, 0.2) is 0 Å². The van der Waals surface area contributed by atoms with Gasteiger partial charge in [0.1, 0.15) is 46.3 Å². The second-order valence-corrected chi connectivity index (χ2v) is 12.7. The molecule has 0 spiro atoms. The molecule has 0 saturated heterocycles. The van der Waals surface area contributed by atoms with Crippen LogP contribution in [0.3, 0.4) is 0 Å². The number of nitriles is 2. The second kappa shape index (κ2) is 12.7. The summed E-state index contributed by atoms with van der Waals surface area (Å²) in [4.78, 5) is 23.2. The van der Waals surface area contributed by atoms with E-state index in [0.717, 1.165) is 42.4 Å². The van der Waals surface area contributed by atoms with Gasteiger partial charge in [0, 0.05) is 11.1 Å². The van der Waals surface area contributed by atoms with E-state index >= 15 is 0 Å². The van der Waals surface area contributed by atoms with Crippen molar-refractivity contribution < 1.29 is 19.1 Å². The fourth-order valence-electron chi connectivity index (χ4n) is 5.41. The number of carbonyl (C=O) groups is 2. The molecule has 0 bridgehead atoms. The number of esters is 2. The smallest absolute Gasteiger partial charge is 0.337 e. The largest absolute Gasteiger partial charge is 0.469 e. The summed E-state index contributed by atoms with van der Waals surface area (Å²) in [5.74, 6) is -0.283. The maximum Gasteiger partial charge on any atom is 0.337 e. The zero-order valence-electron chi connectivity index (χ0n) is 27.7. The molecule has 6 rings (SSSR count). The van der Waals surface area contributed by atoms with Crippen LogP contribution in [0.5, 0.6) is 0 Å². The molecule has 4 N–H and O–H groups in total. The summed E-state index contributed by atoms with van der Waals surface area (Å²) < 4.78 is 13.0. The molecule has 2 aromatic carbocycles. The van der Waals surface area contributed by atoms with E-state index in [2.05, 4.69) is 47.5 Å². The van der Waals surface area contributed by atoms with Crippen molar-refractivity contribution in [3.8, 4) is 34.7 Å². The minimum Gasteiger partial charge on any atom is -0.469 e. The number of anilines is 2. The summed E-state index contributed by atoms with van der Waals surface area (Å²) in [6.07, 6.45) is 4.03. The van der Waals surface area contributed by atoms with E-state index in [1.165, 1.54) is 14.2 Å². The monoisotopic (exact) mass is 646 g/mol. The van der Waals surface area contributed by atoms with Crippen LogP contribution in [0.25, 0.3) is 28.1 Å². The molecule has 2 fully saturated rings. The van der Waals surface area contributed by atoms with Crippen molar-refractivity contribution in [2.75, 3.05) is 25.7 Å². The highest BCUT2D eigenvalue weighted by Crippen LogP contribution is 2.46. The SMILES string of the molecule is C=C(C(=O)OC)c1ccc(-c2nn(C3(C)CC3)c(N)c2C#N)cc1.COC(=O)C(C)c1ccc(-c2nn(C3(C)CC3)c(N)c2C#N)cc1. The summed E-state index contributed by atoms with van der Waals surface area (Å²) in [6.45, 7) is 9.68. The molecule has 48 heavy (non-hydrogen) atoms. The molecule has 2 aliphatic carbocycles. The number of carbonyl (C=O) groups excluding carboxylic acids is 2. The van der Waals surface area contributed by atoms with Crippen LogP contribution in [0.15, 0.2) is 55.1 Å². The van der Waals surface area contributed by atoms with Gasteiger partial charge >= 0.3 is 11.9 Å². The minimum absolute atomic E-state index is 0.0761. The van der Waals surface area contributed by atoms with E-state index in [1.807, 2.05) is 24.3 Å². The molecule has 2 aromatic heterocycles. The Morgan fingerprint density at radius 3 is 1.58 bits per heavy atom. The molecule has 0 radical (unpaired) electrons. The number of hydrogen-bond donors (Lipinski definition) is 2. The Kier molecular flexibility index (Phi) is 8.88. The first-order valence-corrected chi connectivity index (χ1v) is 15.5. The van der Waals surface area contributed by atoms with Crippen LogP contribution in [0.2, 0.25) is 0 Å². The molecule has 0 amide bonds. The Morgan fingerprint density at radius 2 is 1.23 bits per heavy atom. The minimum atomic E-state index is -0.476. The van der Waals surface area contributed by atoms with E-state index in [4.69, 9.17) is 16.2 Å². The Bertz CT molecular complexity index is 1980. The summed E-state index contributed by atoms with van der Waals surface area (Å²) in [7, 11) is 2.69. The lowest BCUT2D eigenvalue weighted by molar-refractivity contribution is -0.142. The predicted octanol–water partition coefficient (Wildman–Crippen LogP) is 5.49. The van der Waals surface area contributed by atoms with Gasteiger partial charge in [-0.15, -0.1) is 0 Å². The highest BCUT2D eigenvalue weighted by Gasteiger charge is 2.43. The lowest BCUT2D eigenvalue weighted by atomic mass is 9.98. The highest BCUT2D eigenvalue weighted by molar-refractivity contribution is 6.15. The maximum atomic E-state index is 11.6. The van der Waals surface area contributed by atoms with Gasteiger partial charge in [-0.2, -0.15) is 20.7 Å². The van der Waals surface area contributed by atoms with Crippen LogP contribution >= 0.6 is 0 Å². The third-order valence-electron chi connectivity index (χ3n) is 9.21. The fourth-order valence-corrected chi connectivity index (χ4v) is 5.41. The first-order chi connectivity index (χ1) is 22.8. The van der Waals surface area contributed by atoms with Crippen LogP contribution in [0.1, 0.15) is 74.6 Å². The molecule has 12 nitrogen and oxygen atoms in total. The van der Waals surface area contributed by atoms with Gasteiger partial charge in [-0.25, -0.2) is 14.2 Å². The van der Waals surface area contributed by atoms with Crippen molar-refractivity contribution in [2.24, 2.45) is 0 Å². The normalized spacial score (nSPS) is 15.5. The number of ether oxygens (including phenoxy) is 2. The van der Waals surface area contributed by atoms with E-state index < -0.39 is 5.97 Å². The van der Waals surface area contributed by atoms with Crippen LogP contribution in [-0.4, -0.2) is 45.7 Å². The molecular weight excluding hydrogens is 608 g/mol. The number of nitrogen functional groups attached to an aromatic ring is 2. The van der Waals surface area contributed by atoms with Crippen molar-refractivity contribution in [2.45, 2.75) is 63.5 Å². The standard InChI is InChI=1S/C18H20N4O2.C18H18N4O2/c2*1-11(17(23)24-3)12-4-6-13(7-5-12)15-14(10-19)16(20)22(21-15)18(2)8-9-18/h4-7,11H,8-9,20H2,1-3H3;4-7H,1,8-9,20H2,2-3H3. The third-order valence-corrected chi connectivity index (χ3v) is 9.21. The number of nitrogens with zero attached hydrogens (tertiary/aromatic N) is 6. The number of rotatable bonds is 8. The number of methoxy groups -OCH3 is 2. The Labute approximate surface area is 279 Å². The van der Waals surface area contributed by atoms with E-state index in [1.54, 1.807) is 40.6 Å². The Morgan fingerprint density at radius 1 is 0.812 bits per heavy atom. The lowest BCUT2D eigenvalue weighted by Gasteiger charge is -2.10. The van der Waals surface area contributed by atoms with Gasteiger partial charge in [-0.3, -0.25) is 4.79 Å². The van der Waals surface area contributed by atoms with Gasteiger partial charge in [0.25, 0.3) is 0 Å². The summed E-state index contributed by atoms with van der Waals surface area (Å²) >= 11 is 0. The molecule has 1 atom stereocenters. The topological polar surface area (TPSA) is 188 Å². The van der Waals surface area contributed by atoms with Crippen molar-refractivity contribution in [1.29, 1.82) is 10.5 Å². The van der Waals surface area contributed by atoms with Crippen molar-refractivity contribution in [3.63, 3.8) is 0 Å². The number of nitrogens with two attached hydrogens (primary N) is 2. The van der Waals surface area contributed by atoms with Crippen molar-refractivity contribution in [3.05, 3.63) is 77.4 Å². The second-order valence-electron chi connectivity index (χ2n) is 12.7. The van der Waals surface area contributed by atoms with Crippen LogP contribution in [0, 0.1) is 22.7 Å². The zero-order valence-corrected chi connectivity index (χ0v) is 27.7. The van der Waals surface area contributed by atoms with Gasteiger partial charge in [0.05, 0.1) is 36.8 Å². The van der Waals surface area contributed by atoms with E-state index in [9.17, 15) is 20.1 Å². The van der Waals surface area contributed by atoms with Crippen LogP contribution in [-0.2, 0) is 30.1 Å². The molecule has 2 saturated carbocycles. The van der Waals surface area contributed by atoms with Crippen LogP contribution in [0.4, 0.5) is 11.6 Å². The molecular formula is C36H38N8O4. The number of benzene rings is 2. The maximum absolute atomic E-state index is 11.6. The fraction of sp³-hybridized carbons (Fsp3) is 0.333. The van der Waals surface area contributed by atoms with Crippen molar-refractivity contribution >= 4 is 29.1 Å². The summed E-state index contributed by atoms with van der Waals surface area (Å²) in [6, 6.07) is 18.8. The summed E-state index contributed by atoms with van der Waals surface area (Å²) in [5.41, 5.74) is 17.4. The predicted molar refractivity (Wildman–Crippen MR) is 181 cm³/mol. The average molecular weight is 647 g/mol. The highest BCUT2D eigenvalue weighted by atomic mass is 16.5. The van der Waals surface area contributed by atoms with Gasteiger partial charge in [0.2, 0.25) is 0 Å². The summed E-state index contributed by atoms with van der Waals surface area (Å²) in [5, 5.41) is 28.1. The van der Waals surface area contributed by atoms with Crippen molar-refractivity contribution in [1.82, 2.24) is 19.6 Å². The third kappa shape index (κ3) is 6.13. The molecule has 0 aliphatic heterocycles. The Hall–Kier alpha value is -5.88. The average Bonchev–Trinajstić information content (AvgIpc) is 3.98. The quantitative estimate of drug-likeness (QED) is 0.183. The molecule has 12 heteroatoms. The first kappa shape index (κ1) is 33.5. The number of aromatic nitrogens is 4. The molecule has 2 aliphatic rings. The van der Waals surface area contributed by atoms with Gasteiger partial charge < -0.3 is 20.9 Å². The van der Waals surface area contributed by atoms with Gasteiger partial charge in [-0.1, -0.05) is 55.1 Å². The van der Waals surface area contributed by atoms with Crippen LogP contribution < -0.4 is 11.5 Å². The van der Waals surface area contributed by atoms with E-state index in [0.29, 0.717) is 39.7 Å². The Balaban J connectivity index is 0.000000188. The first-order valence-electron chi connectivity index (χ1n) is 15.5. The lowest BCUT2D eigenvalue weighted by Crippen LogP contribution is -2.16. The number of hydrogen-bond acceptors (Lipinski definition) is 10. The molecule has 246 valence electrons. The zero-order chi connectivity index (χ0) is 35.0. The molecule has 4 aromatic rings. The molecule has 2 heterocycles.